The van der Waals surface area contributed by atoms with Gasteiger partial charge in [0.15, 0.2) is 0 Å². The molecule has 19 heavy (non-hydrogen) atoms. The van der Waals surface area contributed by atoms with E-state index in [-0.39, 0.29) is 5.91 Å². The summed E-state index contributed by atoms with van der Waals surface area (Å²) >= 11 is 3.42. The van der Waals surface area contributed by atoms with Crippen molar-refractivity contribution in [1.29, 1.82) is 0 Å². The maximum absolute atomic E-state index is 11.6. The van der Waals surface area contributed by atoms with Gasteiger partial charge in [-0.2, -0.15) is 0 Å². The highest BCUT2D eigenvalue weighted by Gasteiger charge is 2.13. The first-order valence-electron chi connectivity index (χ1n) is 5.78. The maximum atomic E-state index is 11.6. The number of halogens is 1. The Morgan fingerprint density at radius 1 is 1.37 bits per heavy atom. The Balaban J connectivity index is 2.44. The van der Waals surface area contributed by atoms with Crippen molar-refractivity contribution in [3.8, 4) is 0 Å². The van der Waals surface area contributed by atoms with Gasteiger partial charge in [-0.1, -0.05) is 15.9 Å². The van der Waals surface area contributed by atoms with E-state index in [1.54, 1.807) is 25.1 Å². The number of anilines is 1. The van der Waals surface area contributed by atoms with E-state index in [0.29, 0.717) is 18.0 Å². The molecule has 0 bridgehead atoms. The fraction of sp³-hybridized carbons (Fsp3) is 0.231. The number of esters is 1. The Kier molecular flexibility index (Phi) is 3.90. The quantitative estimate of drug-likeness (QED) is 0.852. The van der Waals surface area contributed by atoms with E-state index >= 15 is 0 Å². The summed E-state index contributed by atoms with van der Waals surface area (Å²) in [7, 11) is 0. The molecule has 1 aromatic carbocycles. The Hall–Kier alpha value is -1.82. The predicted octanol–water partition coefficient (Wildman–Crippen LogP) is 3.07. The largest absolute Gasteiger partial charge is 0.461 e. The SMILES string of the molecule is CCOC(=O)c1cc2c(Br)cc(NC(C)=O)cc2[nH]1. The van der Waals surface area contributed by atoms with E-state index < -0.39 is 5.97 Å². The van der Waals surface area contributed by atoms with Crippen LogP contribution in [0.1, 0.15) is 24.3 Å². The molecule has 6 heteroatoms. The van der Waals surface area contributed by atoms with Gasteiger partial charge in [-0.15, -0.1) is 0 Å². The molecule has 2 aromatic rings. The molecule has 0 aliphatic carbocycles. The first kappa shape index (κ1) is 13.6. The number of rotatable bonds is 3. The first-order valence-corrected chi connectivity index (χ1v) is 6.57. The van der Waals surface area contributed by atoms with Crippen molar-refractivity contribution in [3.63, 3.8) is 0 Å². The molecule has 0 aliphatic rings. The average Bonchev–Trinajstić information content (AvgIpc) is 2.72. The number of nitrogens with one attached hydrogen (secondary N) is 2. The van der Waals surface area contributed by atoms with Gasteiger partial charge in [0.05, 0.1) is 6.61 Å². The number of benzene rings is 1. The molecule has 2 N–H and O–H groups in total. The second-order valence-corrected chi connectivity index (χ2v) is 4.86. The van der Waals surface area contributed by atoms with Crippen molar-refractivity contribution in [2.75, 3.05) is 11.9 Å². The van der Waals surface area contributed by atoms with Crippen molar-refractivity contribution in [2.24, 2.45) is 0 Å². The summed E-state index contributed by atoms with van der Waals surface area (Å²) in [6.45, 7) is 3.52. The van der Waals surface area contributed by atoms with Crippen LogP contribution in [-0.4, -0.2) is 23.5 Å². The van der Waals surface area contributed by atoms with E-state index in [9.17, 15) is 9.59 Å². The summed E-state index contributed by atoms with van der Waals surface area (Å²) in [5.74, 6) is -0.546. The number of amides is 1. The van der Waals surface area contributed by atoms with Gasteiger partial charge in [-0.3, -0.25) is 4.79 Å². The van der Waals surface area contributed by atoms with E-state index in [0.717, 1.165) is 15.4 Å². The van der Waals surface area contributed by atoms with Gasteiger partial charge >= 0.3 is 5.97 Å². The van der Waals surface area contributed by atoms with Crippen molar-refractivity contribution in [3.05, 3.63) is 28.4 Å². The molecule has 0 radical (unpaired) electrons. The van der Waals surface area contributed by atoms with E-state index in [2.05, 4.69) is 26.2 Å². The minimum atomic E-state index is -0.397. The Labute approximate surface area is 118 Å². The van der Waals surface area contributed by atoms with Crippen LogP contribution in [0.3, 0.4) is 0 Å². The molecule has 0 saturated carbocycles. The third-order valence-electron chi connectivity index (χ3n) is 2.50. The fourth-order valence-electron chi connectivity index (χ4n) is 1.79. The van der Waals surface area contributed by atoms with Crippen LogP contribution in [-0.2, 0) is 9.53 Å². The average molecular weight is 325 g/mol. The number of H-pyrrole nitrogens is 1. The van der Waals surface area contributed by atoms with E-state index in [1.165, 1.54) is 6.92 Å². The standard InChI is InChI=1S/C13H13BrN2O3/c1-3-19-13(18)12-6-9-10(14)4-8(15-7(2)17)5-11(9)16-12/h4-6,16H,3H2,1-2H3,(H,15,17). The summed E-state index contributed by atoms with van der Waals surface area (Å²) in [5.41, 5.74) is 1.79. The zero-order chi connectivity index (χ0) is 14.0. The van der Waals surface area contributed by atoms with Crippen LogP contribution in [0.5, 0.6) is 0 Å². The highest BCUT2D eigenvalue weighted by molar-refractivity contribution is 9.10. The van der Waals surface area contributed by atoms with Crippen LogP contribution in [0.2, 0.25) is 0 Å². The smallest absolute Gasteiger partial charge is 0.354 e. The van der Waals surface area contributed by atoms with Gasteiger partial charge in [0, 0.05) is 28.0 Å². The van der Waals surface area contributed by atoms with Crippen LogP contribution in [0.15, 0.2) is 22.7 Å². The number of hydrogen-bond donors (Lipinski definition) is 2. The van der Waals surface area contributed by atoms with Gasteiger partial charge in [0.1, 0.15) is 5.69 Å². The molecule has 1 aromatic heterocycles. The molecular weight excluding hydrogens is 312 g/mol. The minimum Gasteiger partial charge on any atom is -0.461 e. The van der Waals surface area contributed by atoms with Gasteiger partial charge in [-0.25, -0.2) is 4.79 Å². The molecule has 2 rings (SSSR count). The molecule has 1 heterocycles. The maximum Gasteiger partial charge on any atom is 0.354 e. The first-order chi connectivity index (χ1) is 9.01. The number of carbonyl (C=O) groups is 2. The molecule has 0 atom stereocenters. The van der Waals surface area contributed by atoms with Crippen molar-refractivity contribution >= 4 is 44.4 Å². The molecule has 5 nitrogen and oxygen atoms in total. The minimum absolute atomic E-state index is 0.150. The van der Waals surface area contributed by atoms with Crippen LogP contribution in [0.25, 0.3) is 10.9 Å². The van der Waals surface area contributed by atoms with Crippen LogP contribution < -0.4 is 5.32 Å². The monoisotopic (exact) mass is 324 g/mol. The molecule has 0 saturated heterocycles. The van der Waals surface area contributed by atoms with E-state index in [4.69, 9.17) is 4.74 Å². The zero-order valence-corrected chi connectivity index (χ0v) is 12.1. The zero-order valence-electron chi connectivity index (χ0n) is 10.5. The summed E-state index contributed by atoms with van der Waals surface area (Å²) in [5, 5.41) is 3.55. The molecule has 100 valence electrons. The summed E-state index contributed by atoms with van der Waals surface area (Å²) in [6.07, 6.45) is 0. The fourth-order valence-corrected chi connectivity index (χ4v) is 2.36. The Morgan fingerprint density at radius 2 is 2.11 bits per heavy atom. The second kappa shape index (κ2) is 5.44. The molecule has 0 aliphatic heterocycles. The number of carbonyl (C=O) groups excluding carboxylic acids is 2. The number of aromatic nitrogens is 1. The lowest BCUT2D eigenvalue weighted by Crippen LogP contribution is -2.05. The van der Waals surface area contributed by atoms with Gasteiger partial charge in [-0.05, 0) is 25.1 Å². The number of ether oxygens (including phenoxy) is 1. The normalized spacial score (nSPS) is 10.5. The van der Waals surface area contributed by atoms with Gasteiger partial charge in [0.2, 0.25) is 5.91 Å². The van der Waals surface area contributed by atoms with Crippen molar-refractivity contribution in [1.82, 2.24) is 4.98 Å². The lowest BCUT2D eigenvalue weighted by molar-refractivity contribution is -0.114. The summed E-state index contributed by atoms with van der Waals surface area (Å²) in [6, 6.07) is 5.27. The third-order valence-corrected chi connectivity index (χ3v) is 3.16. The number of hydrogen-bond acceptors (Lipinski definition) is 3. The third kappa shape index (κ3) is 2.96. The number of aromatic amines is 1. The lowest BCUT2D eigenvalue weighted by Gasteiger charge is -2.03. The summed E-state index contributed by atoms with van der Waals surface area (Å²) in [4.78, 5) is 25.7. The van der Waals surface area contributed by atoms with Crippen LogP contribution in [0, 0.1) is 0 Å². The Bertz CT molecular complexity index is 649. The highest BCUT2D eigenvalue weighted by Crippen LogP contribution is 2.29. The molecule has 0 fully saturated rings. The molecule has 0 spiro atoms. The second-order valence-electron chi connectivity index (χ2n) is 4.00. The van der Waals surface area contributed by atoms with Crippen molar-refractivity contribution < 1.29 is 14.3 Å². The molecular formula is C13H13BrN2O3. The highest BCUT2D eigenvalue weighted by atomic mass is 79.9. The van der Waals surface area contributed by atoms with E-state index in [1.807, 2.05) is 0 Å². The predicted molar refractivity (Wildman–Crippen MR) is 76.3 cm³/mol. The lowest BCUT2D eigenvalue weighted by atomic mass is 10.2. The van der Waals surface area contributed by atoms with Crippen molar-refractivity contribution in [2.45, 2.75) is 13.8 Å². The van der Waals surface area contributed by atoms with Gasteiger partial charge in [0.25, 0.3) is 0 Å². The Morgan fingerprint density at radius 3 is 2.74 bits per heavy atom. The molecule has 1 amide bonds. The van der Waals surface area contributed by atoms with Crippen LogP contribution >= 0.6 is 15.9 Å². The van der Waals surface area contributed by atoms with Gasteiger partial charge < -0.3 is 15.0 Å². The summed E-state index contributed by atoms with van der Waals surface area (Å²) < 4.78 is 5.73. The van der Waals surface area contributed by atoms with Crippen LogP contribution in [0.4, 0.5) is 5.69 Å². The topological polar surface area (TPSA) is 71.2 Å². The number of fused-ring (bicyclic) bond motifs is 1. The molecule has 0 unspecified atom stereocenters.